The summed E-state index contributed by atoms with van der Waals surface area (Å²) < 4.78 is 5.56. The molecule has 120 valence electrons. The van der Waals surface area contributed by atoms with Crippen LogP contribution in [-0.4, -0.2) is 41.7 Å². The standard InChI is InChI=1S/C14H18ClN3O4/c1-2-22-11-4-3-7-17(9-11)14(19)16-13-6-5-10(18(20)21)8-12(13)15/h5-6,8,11H,2-4,7,9H2,1H3,(H,16,19)/t11-/m0/s1. The van der Waals surface area contributed by atoms with Crippen molar-refractivity contribution in [1.29, 1.82) is 0 Å². The molecule has 8 heteroatoms. The van der Waals surface area contributed by atoms with Crippen LogP contribution in [0.5, 0.6) is 0 Å². The molecule has 0 saturated carbocycles. The number of benzene rings is 1. The van der Waals surface area contributed by atoms with Crippen molar-refractivity contribution in [3.8, 4) is 0 Å². The van der Waals surface area contributed by atoms with Crippen LogP contribution in [-0.2, 0) is 4.74 Å². The van der Waals surface area contributed by atoms with Crippen LogP contribution in [0.2, 0.25) is 5.02 Å². The zero-order chi connectivity index (χ0) is 16.1. The Morgan fingerprint density at radius 1 is 1.59 bits per heavy atom. The molecular weight excluding hydrogens is 310 g/mol. The van der Waals surface area contributed by atoms with Gasteiger partial charge in [-0.2, -0.15) is 0 Å². The van der Waals surface area contributed by atoms with Crippen LogP contribution in [0, 0.1) is 10.1 Å². The number of carbonyl (C=O) groups excluding carboxylic acids is 1. The van der Waals surface area contributed by atoms with E-state index in [0.29, 0.717) is 25.4 Å². The van der Waals surface area contributed by atoms with E-state index < -0.39 is 4.92 Å². The van der Waals surface area contributed by atoms with Crippen LogP contribution in [0.1, 0.15) is 19.8 Å². The van der Waals surface area contributed by atoms with Crippen LogP contribution in [0.3, 0.4) is 0 Å². The monoisotopic (exact) mass is 327 g/mol. The molecule has 2 amide bonds. The number of hydrogen-bond donors (Lipinski definition) is 1. The number of amides is 2. The van der Waals surface area contributed by atoms with Gasteiger partial charge < -0.3 is 15.0 Å². The molecule has 7 nitrogen and oxygen atoms in total. The first-order valence-electron chi connectivity index (χ1n) is 7.12. The Kier molecular flexibility index (Phi) is 5.57. The summed E-state index contributed by atoms with van der Waals surface area (Å²) in [6.07, 6.45) is 1.87. The Balaban J connectivity index is 2.01. The first kappa shape index (κ1) is 16.5. The molecule has 1 heterocycles. The molecule has 0 aliphatic carbocycles. The van der Waals surface area contributed by atoms with Gasteiger partial charge in [-0.25, -0.2) is 4.79 Å². The number of likely N-dealkylation sites (tertiary alicyclic amines) is 1. The molecule has 1 N–H and O–H groups in total. The van der Waals surface area contributed by atoms with Crippen molar-refractivity contribution in [2.75, 3.05) is 25.0 Å². The fourth-order valence-corrected chi connectivity index (χ4v) is 2.63. The summed E-state index contributed by atoms with van der Waals surface area (Å²) in [7, 11) is 0. The molecule has 1 aromatic carbocycles. The van der Waals surface area contributed by atoms with Gasteiger partial charge in [-0.1, -0.05) is 11.6 Å². The second-order valence-electron chi connectivity index (χ2n) is 5.02. The van der Waals surface area contributed by atoms with Crippen molar-refractivity contribution in [2.45, 2.75) is 25.9 Å². The molecule has 22 heavy (non-hydrogen) atoms. The van der Waals surface area contributed by atoms with Gasteiger partial charge in [0.2, 0.25) is 0 Å². The number of anilines is 1. The van der Waals surface area contributed by atoms with Crippen molar-refractivity contribution < 1.29 is 14.5 Å². The van der Waals surface area contributed by atoms with Gasteiger partial charge in [0.25, 0.3) is 5.69 Å². The fourth-order valence-electron chi connectivity index (χ4n) is 2.41. The topological polar surface area (TPSA) is 84.7 Å². The first-order valence-corrected chi connectivity index (χ1v) is 7.50. The third kappa shape index (κ3) is 4.08. The largest absolute Gasteiger partial charge is 0.377 e. The highest BCUT2D eigenvalue weighted by Crippen LogP contribution is 2.27. The van der Waals surface area contributed by atoms with Crippen molar-refractivity contribution in [2.24, 2.45) is 0 Å². The zero-order valence-electron chi connectivity index (χ0n) is 12.3. The number of halogens is 1. The normalized spacial score (nSPS) is 18.1. The van der Waals surface area contributed by atoms with Crippen LogP contribution in [0.15, 0.2) is 18.2 Å². The number of urea groups is 1. The Morgan fingerprint density at radius 2 is 2.36 bits per heavy atom. The van der Waals surface area contributed by atoms with Crippen molar-refractivity contribution >= 4 is 29.0 Å². The van der Waals surface area contributed by atoms with Crippen LogP contribution in [0.25, 0.3) is 0 Å². The van der Waals surface area contributed by atoms with Crippen molar-refractivity contribution in [3.05, 3.63) is 33.3 Å². The van der Waals surface area contributed by atoms with Gasteiger partial charge in [0, 0.05) is 31.8 Å². The number of nitrogens with zero attached hydrogens (tertiary/aromatic N) is 2. The molecule has 0 aromatic heterocycles. The van der Waals surface area contributed by atoms with E-state index in [9.17, 15) is 14.9 Å². The lowest BCUT2D eigenvalue weighted by atomic mass is 10.1. The molecule has 1 aliphatic rings. The molecule has 1 atom stereocenters. The van der Waals surface area contributed by atoms with Gasteiger partial charge in [-0.15, -0.1) is 0 Å². The molecule has 2 rings (SSSR count). The van der Waals surface area contributed by atoms with Crippen LogP contribution in [0.4, 0.5) is 16.2 Å². The lowest BCUT2D eigenvalue weighted by Crippen LogP contribution is -2.45. The van der Waals surface area contributed by atoms with E-state index in [0.717, 1.165) is 12.8 Å². The van der Waals surface area contributed by atoms with Crippen LogP contribution >= 0.6 is 11.6 Å². The minimum Gasteiger partial charge on any atom is -0.377 e. The van der Waals surface area contributed by atoms with Crippen molar-refractivity contribution in [3.63, 3.8) is 0 Å². The molecule has 1 aromatic rings. The van der Waals surface area contributed by atoms with Gasteiger partial charge in [-0.05, 0) is 25.8 Å². The van der Waals surface area contributed by atoms with E-state index in [4.69, 9.17) is 16.3 Å². The molecule has 0 unspecified atom stereocenters. The Morgan fingerprint density at radius 3 is 3.00 bits per heavy atom. The third-order valence-corrected chi connectivity index (χ3v) is 3.79. The Bertz CT molecular complexity index is 565. The number of hydrogen-bond acceptors (Lipinski definition) is 4. The molecular formula is C14H18ClN3O4. The first-order chi connectivity index (χ1) is 10.5. The molecule has 1 saturated heterocycles. The van der Waals surface area contributed by atoms with E-state index in [1.165, 1.54) is 18.2 Å². The summed E-state index contributed by atoms with van der Waals surface area (Å²) in [6.45, 7) is 3.73. The lowest BCUT2D eigenvalue weighted by molar-refractivity contribution is -0.384. The average molecular weight is 328 g/mol. The van der Waals surface area contributed by atoms with Crippen LogP contribution < -0.4 is 5.32 Å². The maximum absolute atomic E-state index is 12.3. The molecule has 0 radical (unpaired) electrons. The number of nitro benzene ring substituents is 1. The summed E-state index contributed by atoms with van der Waals surface area (Å²) in [6, 6.07) is 3.68. The van der Waals surface area contributed by atoms with Gasteiger partial charge >= 0.3 is 6.03 Å². The number of non-ortho nitro benzene ring substituents is 1. The minimum atomic E-state index is -0.533. The predicted molar refractivity (Wildman–Crippen MR) is 83.3 cm³/mol. The second kappa shape index (κ2) is 7.42. The van der Waals surface area contributed by atoms with Gasteiger partial charge in [0.05, 0.1) is 21.7 Å². The summed E-state index contributed by atoms with van der Waals surface area (Å²) in [4.78, 5) is 24.1. The fraction of sp³-hybridized carbons (Fsp3) is 0.500. The zero-order valence-corrected chi connectivity index (χ0v) is 13.0. The summed E-state index contributed by atoms with van der Waals surface area (Å²) in [5.74, 6) is 0. The SMILES string of the molecule is CCO[C@H]1CCCN(C(=O)Nc2ccc([N+](=O)[O-])cc2Cl)C1. The smallest absolute Gasteiger partial charge is 0.321 e. The molecule has 1 fully saturated rings. The number of rotatable bonds is 4. The quantitative estimate of drug-likeness (QED) is 0.679. The minimum absolute atomic E-state index is 0.0526. The van der Waals surface area contributed by atoms with E-state index in [1.54, 1.807) is 4.90 Å². The third-order valence-electron chi connectivity index (χ3n) is 3.47. The number of carbonyl (C=O) groups is 1. The highest BCUT2D eigenvalue weighted by Gasteiger charge is 2.24. The number of nitro groups is 1. The van der Waals surface area contributed by atoms with Crippen molar-refractivity contribution in [1.82, 2.24) is 4.90 Å². The van der Waals surface area contributed by atoms with E-state index in [2.05, 4.69) is 5.32 Å². The maximum atomic E-state index is 12.3. The van der Waals surface area contributed by atoms with E-state index >= 15 is 0 Å². The summed E-state index contributed by atoms with van der Waals surface area (Å²) >= 11 is 5.97. The lowest BCUT2D eigenvalue weighted by Gasteiger charge is -2.32. The van der Waals surface area contributed by atoms with E-state index in [1.807, 2.05) is 6.92 Å². The van der Waals surface area contributed by atoms with Gasteiger partial charge in [0.1, 0.15) is 0 Å². The Hall–Kier alpha value is -1.86. The number of ether oxygens (including phenoxy) is 1. The maximum Gasteiger partial charge on any atom is 0.321 e. The van der Waals surface area contributed by atoms with Gasteiger partial charge in [0.15, 0.2) is 0 Å². The highest BCUT2D eigenvalue weighted by atomic mass is 35.5. The number of piperidine rings is 1. The molecule has 0 bridgehead atoms. The number of nitrogens with one attached hydrogen (secondary N) is 1. The molecule has 1 aliphatic heterocycles. The summed E-state index contributed by atoms with van der Waals surface area (Å²) in [5, 5.41) is 13.5. The Labute approximate surface area is 133 Å². The van der Waals surface area contributed by atoms with Gasteiger partial charge in [-0.3, -0.25) is 10.1 Å². The summed E-state index contributed by atoms with van der Waals surface area (Å²) in [5.41, 5.74) is 0.244. The second-order valence-corrected chi connectivity index (χ2v) is 5.42. The highest BCUT2D eigenvalue weighted by molar-refractivity contribution is 6.33. The average Bonchev–Trinajstić information content (AvgIpc) is 2.49. The molecule has 0 spiro atoms. The van der Waals surface area contributed by atoms with E-state index in [-0.39, 0.29) is 22.8 Å². The predicted octanol–water partition coefficient (Wildman–Crippen LogP) is 3.28.